The average Bonchev–Trinajstić information content (AvgIpc) is 1.97. The second-order valence-corrected chi connectivity index (χ2v) is 15.3. The molecule has 2 radical (unpaired) electrons. The van der Waals surface area contributed by atoms with Crippen LogP contribution >= 0.6 is 0 Å². The molecule has 4 nitrogen and oxygen atoms in total. The van der Waals surface area contributed by atoms with Gasteiger partial charge in [0.15, 0.2) is 0 Å². The van der Waals surface area contributed by atoms with Crippen molar-refractivity contribution in [1.29, 1.82) is 0 Å². The molecule has 2 N–H and O–H groups in total. The Kier molecular flexibility index (Phi) is 12.2. The Balaban J connectivity index is -0.000000206. The second kappa shape index (κ2) is 9.43. The molecule has 0 amide bonds. The van der Waals surface area contributed by atoms with Crippen molar-refractivity contribution in [2.45, 2.75) is 77.8 Å². The molecule has 0 atom stereocenters. The summed E-state index contributed by atoms with van der Waals surface area (Å²) in [5.41, 5.74) is 0. The molecule has 0 aromatic heterocycles. The van der Waals surface area contributed by atoms with Crippen LogP contribution in [0.4, 0.5) is 0 Å². The SMILES string of the molecule is C[Si](C)C(C)(C)C.C[Si](C)C(C)(C)C.[O]=[Cr](=[O])([OH])[OH]. The summed E-state index contributed by atoms with van der Waals surface area (Å²) in [7, 11) is -0.100. The van der Waals surface area contributed by atoms with Crippen molar-refractivity contribution in [3.05, 3.63) is 0 Å². The van der Waals surface area contributed by atoms with E-state index in [1.54, 1.807) is 0 Å². The topological polar surface area (TPSA) is 74.6 Å². The zero-order chi connectivity index (χ0) is 16.7. The first kappa shape index (κ1) is 24.5. The van der Waals surface area contributed by atoms with Gasteiger partial charge in [0.25, 0.3) is 0 Å². The van der Waals surface area contributed by atoms with Crippen LogP contribution in [0, 0.1) is 0 Å². The van der Waals surface area contributed by atoms with Crippen molar-refractivity contribution in [1.82, 2.24) is 0 Å². The zero-order valence-corrected chi connectivity index (χ0v) is 17.4. The third kappa shape index (κ3) is 32.2. The summed E-state index contributed by atoms with van der Waals surface area (Å²) in [6.45, 7) is 23.2. The van der Waals surface area contributed by atoms with E-state index in [2.05, 4.69) is 67.7 Å². The molecule has 0 aromatic carbocycles. The van der Waals surface area contributed by atoms with Gasteiger partial charge in [-0.1, -0.05) is 67.7 Å². The Morgan fingerprint density at radius 2 is 0.737 bits per heavy atom. The van der Waals surface area contributed by atoms with Gasteiger partial charge in [0.05, 0.1) is 0 Å². The predicted octanol–water partition coefficient (Wildman–Crippen LogP) is 3.73. The standard InChI is InChI=1S/2C6H15Si.Cr.2H2O.2O/c2*1-6(2,3)7(4)5;;;;;/h2*1-5H3;;2*1H2;;/q;;+2;;;;/p-2. The summed E-state index contributed by atoms with van der Waals surface area (Å²) in [6.07, 6.45) is 0. The van der Waals surface area contributed by atoms with Gasteiger partial charge in [0, 0.05) is 17.6 Å². The van der Waals surface area contributed by atoms with E-state index in [0.29, 0.717) is 10.1 Å². The number of rotatable bonds is 0. The van der Waals surface area contributed by atoms with E-state index < -0.39 is 13.6 Å². The molecule has 0 spiro atoms. The van der Waals surface area contributed by atoms with Gasteiger partial charge in [0.1, 0.15) is 0 Å². The van der Waals surface area contributed by atoms with E-state index in [-0.39, 0.29) is 17.6 Å². The van der Waals surface area contributed by atoms with Gasteiger partial charge in [-0.25, -0.2) is 0 Å². The quantitative estimate of drug-likeness (QED) is 0.654. The summed E-state index contributed by atoms with van der Waals surface area (Å²) in [5.74, 6) is 0. The fourth-order valence-corrected chi connectivity index (χ4v) is 0. The van der Waals surface area contributed by atoms with Gasteiger partial charge >= 0.3 is 29.5 Å². The summed E-state index contributed by atoms with van der Waals surface area (Å²) >= 11 is -5.25. The van der Waals surface area contributed by atoms with Crippen LogP contribution in [0.5, 0.6) is 0 Å². The molecule has 0 bridgehead atoms. The molecule has 0 aliphatic heterocycles. The van der Waals surface area contributed by atoms with E-state index in [1.807, 2.05) is 0 Å². The zero-order valence-electron chi connectivity index (χ0n) is 14.1. The average molecular weight is 349 g/mol. The van der Waals surface area contributed by atoms with Crippen molar-refractivity contribution >= 4 is 17.6 Å². The molecule has 0 aliphatic carbocycles. The molecule has 0 aromatic rings. The Hall–Kier alpha value is 0.486. The van der Waals surface area contributed by atoms with Crippen molar-refractivity contribution < 1.29 is 29.5 Å². The molecule has 118 valence electrons. The van der Waals surface area contributed by atoms with Gasteiger partial charge < -0.3 is 0 Å². The molecule has 0 saturated heterocycles. The first-order chi connectivity index (χ1) is 7.89. The van der Waals surface area contributed by atoms with E-state index in [4.69, 9.17) is 15.9 Å². The first-order valence-corrected chi connectivity index (χ1v) is 13.4. The molecule has 19 heavy (non-hydrogen) atoms. The fraction of sp³-hybridized carbons (Fsp3) is 1.00. The van der Waals surface area contributed by atoms with Crippen LogP contribution in [-0.4, -0.2) is 25.9 Å². The Morgan fingerprint density at radius 1 is 0.684 bits per heavy atom. The second-order valence-electron chi connectivity index (χ2n) is 6.95. The van der Waals surface area contributed by atoms with Crippen LogP contribution in [0.25, 0.3) is 0 Å². The van der Waals surface area contributed by atoms with Gasteiger partial charge in [0.2, 0.25) is 0 Å². The molecule has 0 fully saturated rings. The monoisotopic (exact) mass is 348 g/mol. The third-order valence-corrected chi connectivity index (χ3v) is 9.00. The van der Waals surface area contributed by atoms with Crippen LogP contribution in [0.2, 0.25) is 36.3 Å². The van der Waals surface area contributed by atoms with Crippen LogP contribution in [-0.2, 0) is 21.2 Å². The van der Waals surface area contributed by atoms with E-state index in [0.717, 1.165) is 0 Å². The van der Waals surface area contributed by atoms with Crippen LogP contribution < -0.4 is 0 Å². The van der Waals surface area contributed by atoms with E-state index in [9.17, 15) is 0 Å². The van der Waals surface area contributed by atoms with Crippen LogP contribution in [0.15, 0.2) is 0 Å². The molecule has 7 heteroatoms. The van der Waals surface area contributed by atoms with Gasteiger partial charge in [-0.15, -0.1) is 0 Å². The normalized spacial score (nSPS) is 12.5. The minimum absolute atomic E-state index is 0.0502. The third-order valence-electron chi connectivity index (χ3n) is 3.00. The Bertz CT molecular complexity index is 286. The molecule has 0 heterocycles. The summed E-state index contributed by atoms with van der Waals surface area (Å²) in [5, 5.41) is 1.20. The summed E-state index contributed by atoms with van der Waals surface area (Å²) in [6, 6.07) is 0. The van der Waals surface area contributed by atoms with Crippen molar-refractivity contribution in [2.75, 3.05) is 0 Å². The molecule has 0 unspecified atom stereocenters. The summed E-state index contributed by atoms with van der Waals surface area (Å²) in [4.78, 5) is 0. The maximum atomic E-state index is 8.82. The Labute approximate surface area is 125 Å². The van der Waals surface area contributed by atoms with Crippen molar-refractivity contribution in [2.24, 2.45) is 0 Å². The van der Waals surface area contributed by atoms with Gasteiger partial charge in [-0.05, 0) is 10.1 Å². The van der Waals surface area contributed by atoms with Crippen molar-refractivity contribution in [3.63, 3.8) is 0 Å². The van der Waals surface area contributed by atoms with Gasteiger partial charge in [-0.2, -0.15) is 0 Å². The number of hydrogen-bond donors (Lipinski definition) is 2. The van der Waals surface area contributed by atoms with E-state index in [1.165, 1.54) is 0 Å². The van der Waals surface area contributed by atoms with Crippen LogP contribution in [0.3, 0.4) is 0 Å². The summed E-state index contributed by atoms with van der Waals surface area (Å²) < 4.78 is 31.9. The molecule has 0 saturated carbocycles. The van der Waals surface area contributed by atoms with Crippen molar-refractivity contribution in [3.8, 4) is 0 Å². The molecular formula is C12H32CrO4Si2. The Morgan fingerprint density at radius 3 is 0.737 bits per heavy atom. The first-order valence-electron chi connectivity index (χ1n) is 6.20. The predicted molar refractivity (Wildman–Crippen MR) is 80.2 cm³/mol. The molecule has 0 rings (SSSR count). The van der Waals surface area contributed by atoms with Crippen LogP contribution in [0.1, 0.15) is 41.5 Å². The molecule has 0 aliphatic rings. The fourth-order valence-electron chi connectivity index (χ4n) is 0. The van der Waals surface area contributed by atoms with Gasteiger partial charge in [-0.3, -0.25) is 0 Å². The maximum absolute atomic E-state index is 8.82. The molecular weight excluding hydrogens is 316 g/mol. The van der Waals surface area contributed by atoms with E-state index >= 15 is 0 Å². The number of hydrogen-bond acceptors (Lipinski definition) is 2. The minimum atomic E-state index is -5.25.